The highest BCUT2D eigenvalue weighted by Crippen LogP contribution is 2.29. The smallest absolute Gasteiger partial charge is 0.243 e. The third-order valence-corrected chi connectivity index (χ3v) is 5.98. The maximum Gasteiger partial charge on any atom is 0.243 e. The number of rotatable bonds is 5. The molecule has 5 nitrogen and oxygen atoms in total. The first-order valence-electron chi connectivity index (χ1n) is 7.32. The second-order valence-electron chi connectivity index (χ2n) is 5.81. The molecular weight excluding hydrogens is 286 g/mol. The summed E-state index contributed by atoms with van der Waals surface area (Å²) in [6, 6.07) is 5.43. The van der Waals surface area contributed by atoms with Gasteiger partial charge in [0.15, 0.2) is 0 Å². The molecule has 21 heavy (non-hydrogen) atoms. The van der Waals surface area contributed by atoms with Gasteiger partial charge in [-0.1, -0.05) is 6.07 Å². The van der Waals surface area contributed by atoms with Crippen molar-refractivity contribution < 1.29 is 8.42 Å². The van der Waals surface area contributed by atoms with Crippen molar-refractivity contribution in [1.29, 1.82) is 0 Å². The van der Waals surface area contributed by atoms with Gasteiger partial charge in [0.2, 0.25) is 10.0 Å². The Morgan fingerprint density at radius 1 is 1.38 bits per heavy atom. The number of hydrogen-bond acceptors (Lipinski definition) is 4. The summed E-state index contributed by atoms with van der Waals surface area (Å²) in [5.74, 6) is 0. The molecule has 1 unspecified atom stereocenters. The summed E-state index contributed by atoms with van der Waals surface area (Å²) in [4.78, 5) is 2.34. The van der Waals surface area contributed by atoms with Gasteiger partial charge in [0.05, 0.1) is 4.90 Å². The van der Waals surface area contributed by atoms with Gasteiger partial charge in [0.25, 0.3) is 0 Å². The van der Waals surface area contributed by atoms with E-state index in [1.165, 1.54) is 0 Å². The molecule has 1 aliphatic heterocycles. The Balaban J connectivity index is 2.37. The summed E-state index contributed by atoms with van der Waals surface area (Å²) in [6.07, 6.45) is 1.85. The van der Waals surface area contributed by atoms with Crippen molar-refractivity contribution in [3.05, 3.63) is 23.8 Å². The number of nitrogens with one attached hydrogen (secondary N) is 1. The van der Waals surface area contributed by atoms with Crippen LogP contribution in [-0.2, 0) is 10.0 Å². The molecule has 0 saturated carbocycles. The van der Waals surface area contributed by atoms with Crippen molar-refractivity contribution in [2.24, 2.45) is 0 Å². The van der Waals surface area contributed by atoms with Crippen LogP contribution in [0.4, 0.5) is 5.69 Å². The molecule has 0 spiro atoms. The number of benzene rings is 1. The molecule has 1 heterocycles. The van der Waals surface area contributed by atoms with Gasteiger partial charge in [-0.15, -0.1) is 0 Å². The molecule has 1 N–H and O–H groups in total. The number of hydrogen-bond donors (Lipinski definition) is 1. The molecular formula is C15H25N3O2S. The topological polar surface area (TPSA) is 52.7 Å². The van der Waals surface area contributed by atoms with Crippen molar-refractivity contribution in [3.63, 3.8) is 0 Å². The average Bonchev–Trinajstić information content (AvgIpc) is 2.88. The fourth-order valence-electron chi connectivity index (χ4n) is 2.93. The summed E-state index contributed by atoms with van der Waals surface area (Å²) < 4.78 is 27.4. The highest BCUT2D eigenvalue weighted by molar-refractivity contribution is 7.89. The largest absolute Gasteiger partial charge is 0.377 e. The number of likely N-dealkylation sites (N-methyl/N-ethyl adjacent to an activating group) is 1. The van der Waals surface area contributed by atoms with Gasteiger partial charge in [-0.3, -0.25) is 0 Å². The molecule has 1 aromatic rings. The van der Waals surface area contributed by atoms with Crippen LogP contribution in [0.2, 0.25) is 0 Å². The average molecular weight is 311 g/mol. The van der Waals surface area contributed by atoms with Crippen molar-refractivity contribution in [2.75, 3.05) is 39.1 Å². The van der Waals surface area contributed by atoms with Gasteiger partial charge in [-0.2, -0.15) is 4.31 Å². The maximum atomic E-state index is 12.9. The lowest BCUT2D eigenvalue weighted by molar-refractivity contribution is 0.379. The van der Waals surface area contributed by atoms with Crippen LogP contribution in [0.5, 0.6) is 0 Å². The Kier molecular flexibility index (Phi) is 4.91. The zero-order valence-corrected chi connectivity index (χ0v) is 14.1. The van der Waals surface area contributed by atoms with Crippen LogP contribution in [0.1, 0.15) is 18.4 Å². The first kappa shape index (κ1) is 16.3. The molecule has 0 aromatic heterocycles. The Morgan fingerprint density at radius 2 is 2.10 bits per heavy atom. The molecule has 1 aromatic carbocycles. The van der Waals surface area contributed by atoms with E-state index in [1.807, 2.05) is 39.0 Å². The van der Waals surface area contributed by atoms with Gasteiger partial charge in [0.1, 0.15) is 0 Å². The highest BCUT2D eigenvalue weighted by atomic mass is 32.2. The first-order valence-corrected chi connectivity index (χ1v) is 8.76. The Bertz CT molecular complexity index is 599. The van der Waals surface area contributed by atoms with E-state index >= 15 is 0 Å². The Labute approximate surface area is 128 Å². The summed E-state index contributed by atoms with van der Waals surface area (Å²) in [5.41, 5.74) is 2.02. The molecule has 0 amide bonds. The van der Waals surface area contributed by atoms with Crippen LogP contribution in [0, 0.1) is 6.92 Å². The summed E-state index contributed by atoms with van der Waals surface area (Å²) in [6.45, 7) is 3.30. The fraction of sp³-hybridized carbons (Fsp3) is 0.600. The Morgan fingerprint density at radius 3 is 2.71 bits per heavy atom. The van der Waals surface area contributed by atoms with Crippen molar-refractivity contribution >= 4 is 15.7 Å². The van der Waals surface area contributed by atoms with E-state index < -0.39 is 10.0 Å². The zero-order chi connectivity index (χ0) is 15.6. The van der Waals surface area contributed by atoms with Crippen molar-refractivity contribution in [1.82, 2.24) is 9.62 Å². The molecule has 2 rings (SSSR count). The normalized spacial score (nSPS) is 19.9. The van der Waals surface area contributed by atoms with E-state index in [-0.39, 0.29) is 6.04 Å². The molecule has 0 aliphatic carbocycles. The second kappa shape index (κ2) is 6.34. The minimum atomic E-state index is -3.42. The summed E-state index contributed by atoms with van der Waals surface area (Å²) in [7, 11) is 2.30. The molecule has 1 atom stereocenters. The third kappa shape index (κ3) is 3.22. The zero-order valence-electron chi connectivity index (χ0n) is 13.3. The number of anilines is 1. The van der Waals surface area contributed by atoms with Crippen LogP contribution in [0.25, 0.3) is 0 Å². The lowest BCUT2D eigenvalue weighted by Crippen LogP contribution is -2.40. The molecule has 6 heteroatoms. The van der Waals surface area contributed by atoms with Crippen LogP contribution in [0.15, 0.2) is 23.1 Å². The first-order chi connectivity index (χ1) is 9.87. The maximum absolute atomic E-state index is 12.9. The van der Waals surface area contributed by atoms with Gasteiger partial charge in [-0.05, 0) is 44.5 Å². The number of sulfonamides is 1. The molecule has 1 fully saturated rings. The SMILES string of the molecule is CNCC1CCCN1S(=O)(=O)c1ccc(C)c(N(C)C)c1. The van der Waals surface area contributed by atoms with E-state index in [4.69, 9.17) is 0 Å². The van der Waals surface area contributed by atoms with Gasteiger partial charge in [-0.25, -0.2) is 8.42 Å². The molecule has 1 saturated heterocycles. The van der Waals surface area contributed by atoms with Crippen LogP contribution in [0.3, 0.4) is 0 Å². The fourth-order valence-corrected chi connectivity index (χ4v) is 4.65. The Hall–Kier alpha value is -1.11. The summed E-state index contributed by atoms with van der Waals surface area (Å²) in [5, 5.41) is 3.09. The molecule has 118 valence electrons. The summed E-state index contributed by atoms with van der Waals surface area (Å²) >= 11 is 0. The van der Waals surface area contributed by atoms with E-state index in [2.05, 4.69) is 5.32 Å². The van der Waals surface area contributed by atoms with Crippen LogP contribution < -0.4 is 10.2 Å². The monoisotopic (exact) mass is 311 g/mol. The minimum Gasteiger partial charge on any atom is -0.377 e. The van der Waals surface area contributed by atoms with E-state index in [1.54, 1.807) is 16.4 Å². The third-order valence-electron chi connectivity index (χ3n) is 4.03. The van der Waals surface area contributed by atoms with Crippen LogP contribution >= 0.6 is 0 Å². The van der Waals surface area contributed by atoms with E-state index in [0.717, 1.165) is 24.1 Å². The molecule has 0 bridgehead atoms. The number of aryl methyl sites for hydroxylation is 1. The standard InChI is InChI=1S/C15H25N3O2S/c1-12-7-8-14(10-15(12)17(3)4)21(19,20)18-9-5-6-13(18)11-16-2/h7-8,10,13,16H,5-6,9,11H2,1-4H3. The van der Waals surface area contributed by atoms with Crippen molar-refractivity contribution in [2.45, 2.75) is 30.7 Å². The van der Waals surface area contributed by atoms with Gasteiger partial charge < -0.3 is 10.2 Å². The van der Waals surface area contributed by atoms with Crippen molar-refractivity contribution in [3.8, 4) is 0 Å². The lowest BCUT2D eigenvalue weighted by atomic mass is 10.2. The second-order valence-corrected chi connectivity index (χ2v) is 7.70. The molecule has 0 radical (unpaired) electrons. The minimum absolute atomic E-state index is 0.0594. The highest BCUT2D eigenvalue weighted by Gasteiger charge is 2.35. The quantitative estimate of drug-likeness (QED) is 0.894. The predicted octanol–water partition coefficient (Wildman–Crippen LogP) is 1.43. The lowest BCUT2D eigenvalue weighted by Gasteiger charge is -2.25. The van der Waals surface area contributed by atoms with Gasteiger partial charge in [0, 0.05) is 38.9 Å². The predicted molar refractivity (Wildman–Crippen MR) is 86.3 cm³/mol. The molecule has 1 aliphatic rings. The number of nitrogens with zero attached hydrogens (tertiary/aromatic N) is 2. The van der Waals surface area contributed by atoms with Crippen LogP contribution in [-0.4, -0.2) is 53.0 Å². The van der Waals surface area contributed by atoms with E-state index in [0.29, 0.717) is 18.0 Å². The van der Waals surface area contributed by atoms with E-state index in [9.17, 15) is 8.42 Å². The van der Waals surface area contributed by atoms with Gasteiger partial charge >= 0.3 is 0 Å².